The van der Waals surface area contributed by atoms with Crippen LogP contribution in [0.25, 0.3) is 43.8 Å². The Kier molecular flexibility index (Phi) is 6.13. The highest BCUT2D eigenvalue weighted by Gasteiger charge is 2.18. The molecule has 0 bridgehead atoms. The lowest BCUT2D eigenvalue weighted by Crippen LogP contribution is -2.03. The number of fused-ring (bicyclic) bond motifs is 2. The molecule has 0 saturated heterocycles. The van der Waals surface area contributed by atoms with E-state index >= 15 is 0 Å². The van der Waals surface area contributed by atoms with E-state index in [1.165, 1.54) is 0 Å². The smallest absolute Gasteiger partial charge is 0.140 e. The molecule has 7 nitrogen and oxygen atoms in total. The molecule has 5 aromatic rings. The molecule has 0 saturated carbocycles. The summed E-state index contributed by atoms with van der Waals surface area (Å²) in [6, 6.07) is 10.2. The molecule has 170 valence electrons. The molecule has 8 heteroatoms. The highest BCUT2D eigenvalue weighted by molar-refractivity contribution is 7.13. The van der Waals surface area contributed by atoms with E-state index in [9.17, 15) is 0 Å². The Bertz CT molecular complexity index is 1400. The number of hydrogen-bond acceptors (Lipinski definition) is 6. The molecule has 0 unspecified atom stereocenters. The molecule has 33 heavy (non-hydrogen) atoms. The van der Waals surface area contributed by atoms with Crippen molar-refractivity contribution in [2.45, 2.75) is 13.1 Å². The minimum Gasteiger partial charge on any atom is -0.497 e. The molecule has 0 aliphatic heterocycles. The summed E-state index contributed by atoms with van der Waals surface area (Å²) in [5.74, 6) is 0.831. The Morgan fingerprint density at radius 3 is 2.48 bits per heavy atom. The highest BCUT2D eigenvalue weighted by Crippen LogP contribution is 2.38. The predicted octanol–water partition coefficient (Wildman–Crippen LogP) is 5.08. The number of aromatic nitrogens is 4. The molecule has 5 rings (SSSR count). The van der Waals surface area contributed by atoms with Crippen LogP contribution in [-0.2, 0) is 22.6 Å². The first kappa shape index (κ1) is 21.6. The van der Waals surface area contributed by atoms with Gasteiger partial charge in [-0.3, -0.25) is 0 Å². The van der Waals surface area contributed by atoms with Gasteiger partial charge in [-0.05, 0) is 30.3 Å². The zero-order valence-corrected chi connectivity index (χ0v) is 19.8. The number of benzene rings is 1. The lowest BCUT2D eigenvalue weighted by atomic mass is 10.1. The molecule has 0 aliphatic rings. The molecule has 0 radical (unpaired) electrons. The zero-order valence-electron chi connectivity index (χ0n) is 18.9. The molecule has 0 aliphatic carbocycles. The summed E-state index contributed by atoms with van der Waals surface area (Å²) in [6.45, 7) is 2.79. The van der Waals surface area contributed by atoms with Crippen LogP contribution in [0.4, 0.5) is 0 Å². The van der Waals surface area contributed by atoms with Gasteiger partial charge in [-0.1, -0.05) is 0 Å². The van der Waals surface area contributed by atoms with E-state index in [1.54, 1.807) is 32.7 Å². The number of methoxy groups -OCH3 is 3. The van der Waals surface area contributed by atoms with E-state index in [1.807, 2.05) is 18.3 Å². The van der Waals surface area contributed by atoms with Gasteiger partial charge in [-0.15, -0.1) is 11.3 Å². The summed E-state index contributed by atoms with van der Waals surface area (Å²) >= 11 is 1.65. The first-order valence-corrected chi connectivity index (χ1v) is 11.7. The molecular weight excluding hydrogens is 436 g/mol. The van der Waals surface area contributed by atoms with Crippen LogP contribution in [0.15, 0.2) is 54.3 Å². The van der Waals surface area contributed by atoms with Crippen LogP contribution >= 0.6 is 11.3 Å². The van der Waals surface area contributed by atoms with Gasteiger partial charge in [-0.2, -0.15) is 0 Å². The number of rotatable bonds is 9. The maximum atomic E-state index is 5.49. The predicted molar refractivity (Wildman–Crippen MR) is 132 cm³/mol. The van der Waals surface area contributed by atoms with Crippen molar-refractivity contribution in [2.24, 2.45) is 0 Å². The van der Waals surface area contributed by atoms with E-state index in [0.717, 1.165) is 62.6 Å². The molecule has 0 spiro atoms. The van der Waals surface area contributed by atoms with Crippen LogP contribution in [0, 0.1) is 0 Å². The summed E-state index contributed by atoms with van der Waals surface area (Å²) < 4.78 is 20.4. The standard InChI is InChI=1S/C25H26N4O3S/c1-30-11-9-28-15-21(19-13-17(32-3)6-7-23(19)28)25-27-22(16-33-25)20-14-29(10-12-31-2)24-18(20)5-4-8-26-24/h4-8,13-16H,9-12H2,1-3H3. The molecule has 0 fully saturated rings. The van der Waals surface area contributed by atoms with Crippen LogP contribution < -0.4 is 4.74 Å². The van der Waals surface area contributed by atoms with Crippen LogP contribution in [0.5, 0.6) is 5.75 Å². The fourth-order valence-electron chi connectivity index (χ4n) is 4.16. The average molecular weight is 463 g/mol. The van der Waals surface area contributed by atoms with Crippen molar-refractivity contribution in [2.75, 3.05) is 34.5 Å². The second-order valence-electron chi connectivity index (χ2n) is 7.75. The van der Waals surface area contributed by atoms with E-state index in [-0.39, 0.29) is 0 Å². The number of ether oxygens (including phenoxy) is 3. The molecule has 0 amide bonds. The van der Waals surface area contributed by atoms with Crippen LogP contribution in [0.2, 0.25) is 0 Å². The van der Waals surface area contributed by atoms with Crippen molar-refractivity contribution in [1.29, 1.82) is 0 Å². The van der Waals surface area contributed by atoms with Gasteiger partial charge in [-0.25, -0.2) is 9.97 Å². The third-order valence-electron chi connectivity index (χ3n) is 5.81. The molecular formula is C25H26N4O3S. The highest BCUT2D eigenvalue weighted by atomic mass is 32.1. The van der Waals surface area contributed by atoms with Gasteiger partial charge in [0, 0.05) is 78.7 Å². The third-order valence-corrected chi connectivity index (χ3v) is 6.68. The van der Waals surface area contributed by atoms with Gasteiger partial charge >= 0.3 is 0 Å². The van der Waals surface area contributed by atoms with Crippen LogP contribution in [0.3, 0.4) is 0 Å². The van der Waals surface area contributed by atoms with Gasteiger partial charge in [0.1, 0.15) is 16.4 Å². The molecule has 4 aromatic heterocycles. The van der Waals surface area contributed by atoms with E-state index in [4.69, 9.17) is 19.2 Å². The number of nitrogens with zero attached hydrogens (tertiary/aromatic N) is 4. The number of hydrogen-bond donors (Lipinski definition) is 0. The first-order chi connectivity index (χ1) is 16.2. The minimum absolute atomic E-state index is 0.630. The minimum atomic E-state index is 0.630. The largest absolute Gasteiger partial charge is 0.497 e. The zero-order chi connectivity index (χ0) is 22.8. The maximum absolute atomic E-state index is 5.49. The molecule has 0 N–H and O–H groups in total. The van der Waals surface area contributed by atoms with Crippen LogP contribution in [-0.4, -0.2) is 53.6 Å². The van der Waals surface area contributed by atoms with Crippen molar-refractivity contribution < 1.29 is 14.2 Å². The quantitative estimate of drug-likeness (QED) is 0.306. The van der Waals surface area contributed by atoms with Gasteiger partial charge in [0.15, 0.2) is 0 Å². The number of pyridine rings is 1. The monoisotopic (exact) mass is 462 g/mol. The second-order valence-corrected chi connectivity index (χ2v) is 8.61. The Balaban J connectivity index is 1.59. The van der Waals surface area contributed by atoms with Crippen molar-refractivity contribution >= 4 is 33.3 Å². The maximum Gasteiger partial charge on any atom is 0.140 e. The average Bonchev–Trinajstić information content (AvgIpc) is 3.56. The van der Waals surface area contributed by atoms with E-state index in [0.29, 0.717) is 13.2 Å². The van der Waals surface area contributed by atoms with Crippen molar-refractivity contribution in [3.8, 4) is 27.6 Å². The van der Waals surface area contributed by atoms with Gasteiger partial charge in [0.2, 0.25) is 0 Å². The summed E-state index contributed by atoms with van der Waals surface area (Å²) in [4.78, 5) is 9.65. The molecule has 0 atom stereocenters. The fraction of sp³-hybridized carbons (Fsp3) is 0.280. The van der Waals surface area contributed by atoms with Crippen molar-refractivity contribution in [3.63, 3.8) is 0 Å². The Hall–Kier alpha value is -3.20. The normalized spacial score (nSPS) is 11.6. The lowest BCUT2D eigenvalue weighted by Gasteiger charge is -2.05. The van der Waals surface area contributed by atoms with Gasteiger partial charge in [0.05, 0.1) is 26.0 Å². The SMILES string of the molecule is COCCn1cc(-c2nc(-c3cn(CCOC)c4ncccc34)cs2)c2cc(OC)ccc21. The fourth-order valence-corrected chi connectivity index (χ4v) is 5.00. The number of thiazole rings is 1. The van der Waals surface area contributed by atoms with Crippen molar-refractivity contribution in [1.82, 2.24) is 19.1 Å². The van der Waals surface area contributed by atoms with Crippen molar-refractivity contribution in [3.05, 3.63) is 54.3 Å². The second kappa shape index (κ2) is 9.35. The Morgan fingerprint density at radius 2 is 1.70 bits per heavy atom. The summed E-state index contributed by atoms with van der Waals surface area (Å²) in [5, 5.41) is 5.31. The first-order valence-electron chi connectivity index (χ1n) is 10.8. The Morgan fingerprint density at radius 1 is 0.909 bits per heavy atom. The third kappa shape index (κ3) is 4.01. The van der Waals surface area contributed by atoms with E-state index in [2.05, 4.69) is 50.1 Å². The molecule has 4 heterocycles. The van der Waals surface area contributed by atoms with Crippen LogP contribution in [0.1, 0.15) is 0 Å². The van der Waals surface area contributed by atoms with Gasteiger partial charge in [0.25, 0.3) is 0 Å². The van der Waals surface area contributed by atoms with Gasteiger partial charge < -0.3 is 23.3 Å². The Labute approximate surface area is 196 Å². The lowest BCUT2D eigenvalue weighted by molar-refractivity contribution is 0.188. The molecule has 1 aromatic carbocycles. The van der Waals surface area contributed by atoms with E-state index < -0.39 is 0 Å². The summed E-state index contributed by atoms with van der Waals surface area (Å²) in [7, 11) is 5.13. The summed E-state index contributed by atoms with van der Waals surface area (Å²) in [5.41, 5.74) is 5.21. The topological polar surface area (TPSA) is 63.3 Å². The summed E-state index contributed by atoms with van der Waals surface area (Å²) in [6.07, 6.45) is 6.11.